The van der Waals surface area contributed by atoms with Gasteiger partial charge in [0.15, 0.2) is 0 Å². The zero-order valence-corrected chi connectivity index (χ0v) is 11.7. The molecule has 3 rings (SSSR count). The van der Waals surface area contributed by atoms with Crippen molar-refractivity contribution in [2.45, 2.75) is 25.7 Å². The fourth-order valence-corrected chi connectivity index (χ4v) is 2.81. The Balaban J connectivity index is 2.00. The molecule has 0 amide bonds. The second kappa shape index (κ2) is 4.98. The fraction of sp³-hybridized carbons (Fsp3) is 0.467. The van der Waals surface area contributed by atoms with E-state index in [0.717, 1.165) is 19.5 Å². The molecule has 0 radical (unpaired) electrons. The van der Waals surface area contributed by atoms with Gasteiger partial charge in [-0.05, 0) is 31.0 Å². The first-order chi connectivity index (χ1) is 9.63. The Hall–Kier alpha value is -1.75. The van der Waals surface area contributed by atoms with E-state index in [1.54, 1.807) is 18.2 Å². The number of rotatable bonds is 3. The van der Waals surface area contributed by atoms with Gasteiger partial charge in [0.2, 0.25) is 11.7 Å². The minimum atomic E-state index is -0.331. The van der Waals surface area contributed by atoms with Gasteiger partial charge in [-0.3, -0.25) is 0 Å². The van der Waals surface area contributed by atoms with Gasteiger partial charge < -0.3 is 9.84 Å². The minimum absolute atomic E-state index is 0.142. The molecular weight excluding hydrogens is 257 g/mol. The highest BCUT2D eigenvalue weighted by atomic mass is 19.1. The molecule has 1 aliphatic rings. The first-order valence-corrected chi connectivity index (χ1v) is 6.93. The van der Waals surface area contributed by atoms with E-state index in [2.05, 4.69) is 29.3 Å². The third-order valence-corrected chi connectivity index (χ3v) is 4.26. The summed E-state index contributed by atoms with van der Waals surface area (Å²) in [6.45, 7) is 6.07. The fourth-order valence-electron chi connectivity index (χ4n) is 2.81. The van der Waals surface area contributed by atoms with Crippen molar-refractivity contribution >= 4 is 0 Å². The second-order valence-electron chi connectivity index (χ2n) is 5.64. The van der Waals surface area contributed by atoms with Crippen LogP contribution < -0.4 is 5.32 Å². The molecule has 2 heterocycles. The topological polar surface area (TPSA) is 51.0 Å². The number of halogens is 1. The zero-order chi connectivity index (χ0) is 14.2. The number of benzene rings is 1. The zero-order valence-electron chi connectivity index (χ0n) is 11.7. The lowest BCUT2D eigenvalue weighted by Gasteiger charge is -2.27. The summed E-state index contributed by atoms with van der Waals surface area (Å²) >= 11 is 0. The lowest BCUT2D eigenvalue weighted by atomic mass is 9.76. The predicted octanol–water partition coefficient (Wildman–Crippen LogP) is 2.76. The Morgan fingerprint density at radius 2 is 2.15 bits per heavy atom. The van der Waals surface area contributed by atoms with Crippen molar-refractivity contribution in [3.05, 3.63) is 36.0 Å². The summed E-state index contributed by atoms with van der Waals surface area (Å²) in [5.41, 5.74) is 0.239. The van der Waals surface area contributed by atoms with Crippen LogP contribution in [0.15, 0.2) is 28.8 Å². The molecule has 20 heavy (non-hydrogen) atoms. The predicted molar refractivity (Wildman–Crippen MR) is 73.7 cm³/mol. The van der Waals surface area contributed by atoms with Gasteiger partial charge in [-0.2, -0.15) is 4.98 Å². The van der Waals surface area contributed by atoms with E-state index in [1.165, 1.54) is 6.07 Å². The molecule has 106 valence electrons. The summed E-state index contributed by atoms with van der Waals surface area (Å²) < 4.78 is 19.2. The highest BCUT2D eigenvalue weighted by Crippen LogP contribution is 2.37. The molecule has 1 N–H and O–H groups in total. The quantitative estimate of drug-likeness (QED) is 0.935. The number of nitrogens with one attached hydrogen (secondary N) is 1. The molecule has 0 aliphatic carbocycles. The number of nitrogens with zero attached hydrogens (tertiary/aromatic N) is 2. The first-order valence-electron chi connectivity index (χ1n) is 6.93. The molecule has 0 saturated carbocycles. The maximum absolute atomic E-state index is 13.8. The van der Waals surface area contributed by atoms with Crippen LogP contribution >= 0.6 is 0 Å². The average molecular weight is 275 g/mol. The Morgan fingerprint density at radius 3 is 2.80 bits per heavy atom. The normalized spacial score (nSPS) is 22.6. The number of hydrogen-bond donors (Lipinski definition) is 1. The molecular formula is C15H18FN3O. The summed E-state index contributed by atoms with van der Waals surface area (Å²) in [5.74, 6) is 0.982. The van der Waals surface area contributed by atoms with Crippen LogP contribution in [-0.4, -0.2) is 23.2 Å². The minimum Gasteiger partial charge on any atom is -0.338 e. The van der Waals surface area contributed by atoms with E-state index in [9.17, 15) is 4.39 Å². The first kappa shape index (κ1) is 13.2. The van der Waals surface area contributed by atoms with Gasteiger partial charge in [0.25, 0.3) is 0 Å². The molecule has 1 atom stereocenters. The smallest absolute Gasteiger partial charge is 0.234 e. The molecule has 5 heteroatoms. The van der Waals surface area contributed by atoms with Crippen LogP contribution in [0.25, 0.3) is 11.4 Å². The molecule has 1 aliphatic heterocycles. The van der Waals surface area contributed by atoms with E-state index < -0.39 is 0 Å². The largest absolute Gasteiger partial charge is 0.338 e. The van der Waals surface area contributed by atoms with Crippen LogP contribution in [0, 0.1) is 11.7 Å². The van der Waals surface area contributed by atoms with E-state index in [4.69, 9.17) is 4.52 Å². The van der Waals surface area contributed by atoms with Gasteiger partial charge in [-0.25, -0.2) is 4.39 Å². The Labute approximate surface area is 117 Å². The second-order valence-corrected chi connectivity index (χ2v) is 5.64. The van der Waals surface area contributed by atoms with Crippen LogP contribution in [0.4, 0.5) is 4.39 Å². The van der Waals surface area contributed by atoms with Crippen molar-refractivity contribution in [3.63, 3.8) is 0 Å². The Morgan fingerprint density at radius 1 is 1.35 bits per heavy atom. The van der Waals surface area contributed by atoms with Crippen molar-refractivity contribution < 1.29 is 8.91 Å². The molecule has 2 aromatic rings. The lowest BCUT2D eigenvalue weighted by Crippen LogP contribution is -2.35. The SMILES string of the molecule is CC(C)C1(c2nc(-c3ccccc3F)no2)CCNC1. The molecule has 1 saturated heterocycles. The summed E-state index contributed by atoms with van der Waals surface area (Å²) in [6, 6.07) is 6.49. The average Bonchev–Trinajstić information content (AvgIpc) is 3.09. The van der Waals surface area contributed by atoms with Crippen LogP contribution in [-0.2, 0) is 5.41 Å². The van der Waals surface area contributed by atoms with Gasteiger partial charge in [0.05, 0.1) is 11.0 Å². The van der Waals surface area contributed by atoms with Crippen molar-refractivity contribution in [2.75, 3.05) is 13.1 Å². The molecule has 0 bridgehead atoms. The molecule has 0 spiro atoms. The van der Waals surface area contributed by atoms with E-state index in [1.807, 2.05) is 0 Å². The number of hydrogen-bond acceptors (Lipinski definition) is 4. The van der Waals surface area contributed by atoms with E-state index >= 15 is 0 Å². The molecule has 1 aromatic carbocycles. The highest BCUT2D eigenvalue weighted by Gasteiger charge is 2.43. The number of aromatic nitrogens is 2. The van der Waals surface area contributed by atoms with E-state index in [-0.39, 0.29) is 11.2 Å². The molecule has 1 aromatic heterocycles. The van der Waals surface area contributed by atoms with Crippen LogP contribution in [0.3, 0.4) is 0 Å². The van der Waals surface area contributed by atoms with E-state index in [0.29, 0.717) is 23.2 Å². The van der Waals surface area contributed by atoms with Gasteiger partial charge in [0.1, 0.15) is 5.82 Å². The van der Waals surface area contributed by atoms with Crippen molar-refractivity contribution in [1.29, 1.82) is 0 Å². The highest BCUT2D eigenvalue weighted by molar-refractivity contribution is 5.55. The summed E-state index contributed by atoms with van der Waals surface area (Å²) in [5, 5.41) is 7.32. The van der Waals surface area contributed by atoms with Gasteiger partial charge >= 0.3 is 0 Å². The lowest BCUT2D eigenvalue weighted by molar-refractivity contribution is 0.234. The summed E-state index contributed by atoms with van der Waals surface area (Å²) in [6.07, 6.45) is 0.962. The Bertz CT molecular complexity index is 603. The van der Waals surface area contributed by atoms with Gasteiger partial charge in [-0.1, -0.05) is 31.1 Å². The van der Waals surface area contributed by atoms with Crippen LogP contribution in [0.1, 0.15) is 26.2 Å². The third-order valence-electron chi connectivity index (χ3n) is 4.26. The van der Waals surface area contributed by atoms with Crippen molar-refractivity contribution in [2.24, 2.45) is 5.92 Å². The molecule has 1 unspecified atom stereocenters. The standard InChI is InChI=1S/C15H18FN3O/c1-10(2)15(7-8-17-9-15)14-18-13(19-20-14)11-5-3-4-6-12(11)16/h3-6,10,17H,7-9H2,1-2H3. The molecule has 1 fully saturated rings. The van der Waals surface area contributed by atoms with Gasteiger partial charge in [0, 0.05) is 6.54 Å². The molecule has 4 nitrogen and oxygen atoms in total. The van der Waals surface area contributed by atoms with Crippen molar-refractivity contribution in [3.8, 4) is 11.4 Å². The third kappa shape index (κ3) is 2.02. The van der Waals surface area contributed by atoms with Crippen LogP contribution in [0.2, 0.25) is 0 Å². The maximum Gasteiger partial charge on any atom is 0.234 e. The summed E-state index contributed by atoms with van der Waals surface area (Å²) in [7, 11) is 0. The summed E-state index contributed by atoms with van der Waals surface area (Å²) in [4.78, 5) is 4.46. The van der Waals surface area contributed by atoms with Crippen LogP contribution in [0.5, 0.6) is 0 Å². The van der Waals surface area contributed by atoms with Gasteiger partial charge in [-0.15, -0.1) is 0 Å². The Kier molecular flexibility index (Phi) is 3.30. The van der Waals surface area contributed by atoms with Crippen molar-refractivity contribution in [1.82, 2.24) is 15.5 Å². The monoisotopic (exact) mass is 275 g/mol. The maximum atomic E-state index is 13.8.